The standard InChI is InChI=1S/C16H13FN2O2/c1-21-15-4-2-3-13-12(15)9-14(19-13)16(20)18-11-7-5-10(17)6-8-11/h2-9,19H,1H3,(H,18,20). The molecule has 0 bridgehead atoms. The van der Waals surface area contributed by atoms with Gasteiger partial charge in [-0.3, -0.25) is 4.79 Å². The molecular weight excluding hydrogens is 271 g/mol. The summed E-state index contributed by atoms with van der Waals surface area (Å²) in [6, 6.07) is 12.9. The molecule has 0 spiro atoms. The van der Waals surface area contributed by atoms with Crippen LogP contribution >= 0.6 is 0 Å². The van der Waals surface area contributed by atoms with Crippen LogP contribution in [0.15, 0.2) is 48.5 Å². The van der Waals surface area contributed by atoms with Crippen LogP contribution in [-0.4, -0.2) is 18.0 Å². The number of anilines is 1. The molecule has 0 saturated heterocycles. The predicted molar refractivity (Wildman–Crippen MR) is 79.2 cm³/mol. The highest BCUT2D eigenvalue weighted by atomic mass is 19.1. The fourth-order valence-electron chi connectivity index (χ4n) is 2.16. The number of benzene rings is 2. The van der Waals surface area contributed by atoms with Crippen molar-refractivity contribution in [3.63, 3.8) is 0 Å². The van der Waals surface area contributed by atoms with E-state index in [0.717, 1.165) is 10.9 Å². The maximum atomic E-state index is 12.8. The molecule has 0 radical (unpaired) electrons. The van der Waals surface area contributed by atoms with E-state index in [4.69, 9.17) is 4.74 Å². The van der Waals surface area contributed by atoms with Crippen molar-refractivity contribution in [2.24, 2.45) is 0 Å². The Kier molecular flexibility index (Phi) is 3.31. The number of carbonyl (C=O) groups excluding carboxylic acids is 1. The summed E-state index contributed by atoms with van der Waals surface area (Å²) in [4.78, 5) is 15.2. The first-order valence-electron chi connectivity index (χ1n) is 6.40. The van der Waals surface area contributed by atoms with Crippen molar-refractivity contribution >= 4 is 22.5 Å². The quantitative estimate of drug-likeness (QED) is 0.772. The van der Waals surface area contributed by atoms with Gasteiger partial charge >= 0.3 is 0 Å². The Morgan fingerprint density at radius 2 is 1.95 bits per heavy atom. The lowest BCUT2D eigenvalue weighted by Gasteiger charge is -2.02. The molecule has 0 saturated carbocycles. The van der Waals surface area contributed by atoms with Crippen LogP contribution in [0.4, 0.5) is 10.1 Å². The molecule has 4 nitrogen and oxygen atoms in total. The molecule has 3 aromatic rings. The first-order chi connectivity index (χ1) is 10.2. The lowest BCUT2D eigenvalue weighted by Crippen LogP contribution is -2.12. The van der Waals surface area contributed by atoms with Gasteiger partial charge in [-0.25, -0.2) is 4.39 Å². The maximum absolute atomic E-state index is 12.8. The number of carbonyl (C=O) groups is 1. The highest BCUT2D eigenvalue weighted by Crippen LogP contribution is 2.26. The maximum Gasteiger partial charge on any atom is 0.272 e. The van der Waals surface area contributed by atoms with Gasteiger partial charge < -0.3 is 15.0 Å². The molecule has 0 aliphatic heterocycles. The van der Waals surface area contributed by atoms with E-state index in [1.165, 1.54) is 24.3 Å². The molecule has 0 atom stereocenters. The summed E-state index contributed by atoms with van der Waals surface area (Å²) in [7, 11) is 1.58. The minimum atomic E-state index is -0.344. The van der Waals surface area contributed by atoms with Crippen molar-refractivity contribution in [3.8, 4) is 5.75 Å². The Bertz CT molecular complexity index is 794. The number of fused-ring (bicyclic) bond motifs is 1. The molecule has 0 aliphatic carbocycles. The number of ether oxygens (including phenoxy) is 1. The van der Waals surface area contributed by atoms with Gasteiger partial charge in [-0.1, -0.05) is 6.07 Å². The number of hydrogen-bond donors (Lipinski definition) is 2. The van der Waals surface area contributed by atoms with Crippen LogP contribution in [0.1, 0.15) is 10.5 Å². The van der Waals surface area contributed by atoms with E-state index >= 15 is 0 Å². The molecule has 1 aromatic heterocycles. The van der Waals surface area contributed by atoms with Crippen molar-refractivity contribution in [2.75, 3.05) is 12.4 Å². The zero-order valence-electron chi connectivity index (χ0n) is 11.3. The molecule has 2 N–H and O–H groups in total. The molecule has 1 heterocycles. The van der Waals surface area contributed by atoms with Gasteiger partial charge in [0.25, 0.3) is 5.91 Å². The molecular formula is C16H13FN2O2. The van der Waals surface area contributed by atoms with Crippen LogP contribution in [-0.2, 0) is 0 Å². The van der Waals surface area contributed by atoms with Crippen LogP contribution in [0.2, 0.25) is 0 Å². The van der Waals surface area contributed by atoms with Crippen LogP contribution in [0, 0.1) is 5.82 Å². The van der Waals surface area contributed by atoms with Crippen LogP contribution in [0.3, 0.4) is 0 Å². The highest BCUT2D eigenvalue weighted by Gasteiger charge is 2.12. The van der Waals surface area contributed by atoms with Crippen LogP contribution in [0.25, 0.3) is 10.9 Å². The average Bonchev–Trinajstić information content (AvgIpc) is 2.93. The summed E-state index contributed by atoms with van der Waals surface area (Å²) in [6.45, 7) is 0. The van der Waals surface area contributed by atoms with E-state index < -0.39 is 0 Å². The first kappa shape index (κ1) is 13.2. The molecule has 2 aromatic carbocycles. The van der Waals surface area contributed by atoms with E-state index in [1.54, 1.807) is 13.2 Å². The summed E-state index contributed by atoms with van der Waals surface area (Å²) in [5.74, 6) is 0.0628. The minimum Gasteiger partial charge on any atom is -0.496 e. The lowest BCUT2D eigenvalue weighted by atomic mass is 10.2. The van der Waals surface area contributed by atoms with E-state index in [0.29, 0.717) is 17.1 Å². The average molecular weight is 284 g/mol. The highest BCUT2D eigenvalue weighted by molar-refractivity contribution is 6.06. The van der Waals surface area contributed by atoms with E-state index in [1.807, 2.05) is 18.2 Å². The molecule has 3 rings (SSSR count). The number of methoxy groups -OCH3 is 1. The second-order valence-electron chi connectivity index (χ2n) is 4.57. The van der Waals surface area contributed by atoms with E-state index in [2.05, 4.69) is 10.3 Å². The fourth-order valence-corrected chi connectivity index (χ4v) is 2.16. The smallest absolute Gasteiger partial charge is 0.272 e. The Morgan fingerprint density at radius 3 is 2.67 bits per heavy atom. The van der Waals surface area contributed by atoms with Gasteiger partial charge in [0.05, 0.1) is 7.11 Å². The van der Waals surface area contributed by atoms with E-state index in [-0.39, 0.29) is 11.7 Å². The monoisotopic (exact) mass is 284 g/mol. The van der Waals surface area contributed by atoms with Crippen molar-refractivity contribution in [1.29, 1.82) is 0 Å². The number of aromatic amines is 1. The SMILES string of the molecule is COc1cccc2[nH]c(C(=O)Nc3ccc(F)cc3)cc12. The second kappa shape index (κ2) is 5.28. The zero-order valence-corrected chi connectivity index (χ0v) is 11.3. The summed E-state index contributed by atoms with van der Waals surface area (Å²) in [6.07, 6.45) is 0. The summed E-state index contributed by atoms with van der Waals surface area (Å²) < 4.78 is 18.1. The van der Waals surface area contributed by atoms with Crippen molar-refractivity contribution in [2.45, 2.75) is 0 Å². The Morgan fingerprint density at radius 1 is 1.19 bits per heavy atom. The van der Waals surface area contributed by atoms with Crippen molar-refractivity contribution in [3.05, 3.63) is 60.0 Å². The van der Waals surface area contributed by atoms with Crippen LogP contribution in [0.5, 0.6) is 5.75 Å². The van der Waals surface area contributed by atoms with Crippen molar-refractivity contribution in [1.82, 2.24) is 4.98 Å². The van der Waals surface area contributed by atoms with Gasteiger partial charge in [-0.2, -0.15) is 0 Å². The normalized spacial score (nSPS) is 10.6. The van der Waals surface area contributed by atoms with E-state index in [9.17, 15) is 9.18 Å². The number of halogens is 1. The van der Waals surface area contributed by atoms with Gasteiger partial charge in [0.15, 0.2) is 0 Å². The molecule has 0 fully saturated rings. The largest absolute Gasteiger partial charge is 0.496 e. The topological polar surface area (TPSA) is 54.1 Å². The number of rotatable bonds is 3. The predicted octanol–water partition coefficient (Wildman–Crippen LogP) is 3.57. The zero-order chi connectivity index (χ0) is 14.8. The molecule has 106 valence electrons. The molecule has 1 amide bonds. The number of H-pyrrole nitrogens is 1. The van der Waals surface area contributed by atoms with Gasteiger partial charge in [-0.05, 0) is 42.5 Å². The van der Waals surface area contributed by atoms with Gasteiger partial charge in [0.1, 0.15) is 17.3 Å². The summed E-state index contributed by atoms with van der Waals surface area (Å²) in [5, 5.41) is 3.54. The molecule has 5 heteroatoms. The Balaban J connectivity index is 1.89. The van der Waals surface area contributed by atoms with Crippen LogP contribution < -0.4 is 10.1 Å². The molecule has 0 unspecified atom stereocenters. The van der Waals surface area contributed by atoms with Crippen molar-refractivity contribution < 1.29 is 13.9 Å². The van der Waals surface area contributed by atoms with Gasteiger partial charge in [0.2, 0.25) is 0 Å². The number of nitrogens with one attached hydrogen (secondary N) is 2. The Hall–Kier alpha value is -2.82. The summed E-state index contributed by atoms with van der Waals surface area (Å²) in [5.41, 5.74) is 1.77. The van der Waals surface area contributed by atoms with Gasteiger partial charge in [0, 0.05) is 16.6 Å². The Labute approximate surface area is 120 Å². The molecule has 21 heavy (non-hydrogen) atoms. The first-order valence-corrected chi connectivity index (χ1v) is 6.40. The minimum absolute atomic E-state index is 0.292. The fraction of sp³-hybridized carbons (Fsp3) is 0.0625. The van der Waals surface area contributed by atoms with Gasteiger partial charge in [-0.15, -0.1) is 0 Å². The third kappa shape index (κ3) is 2.58. The lowest BCUT2D eigenvalue weighted by molar-refractivity contribution is 0.102. The number of amides is 1. The third-order valence-corrected chi connectivity index (χ3v) is 3.19. The molecule has 0 aliphatic rings. The number of aromatic nitrogens is 1. The second-order valence-corrected chi connectivity index (χ2v) is 4.57. The number of hydrogen-bond acceptors (Lipinski definition) is 2. The summed E-state index contributed by atoms with van der Waals surface area (Å²) >= 11 is 0. The third-order valence-electron chi connectivity index (χ3n) is 3.19.